The number of hydrogen-bond acceptors (Lipinski definition) is 4. The van der Waals surface area contributed by atoms with E-state index in [1.165, 1.54) is 6.07 Å². The van der Waals surface area contributed by atoms with Crippen molar-refractivity contribution in [3.63, 3.8) is 0 Å². The number of phenolic OH excluding ortho intramolecular Hbond substituents is 1. The fourth-order valence-electron chi connectivity index (χ4n) is 1.49. The first kappa shape index (κ1) is 12.4. The Morgan fingerprint density at radius 3 is 2.88 bits per heavy atom. The number of cyclic esters (lactones) is 1. The molecule has 2 N–H and O–H groups in total. The third-order valence-corrected chi connectivity index (χ3v) is 2.28. The summed E-state index contributed by atoms with van der Waals surface area (Å²) >= 11 is 0. The topological polar surface area (TPSA) is 67.8 Å². The van der Waals surface area contributed by atoms with Crippen LogP contribution in [0.4, 0.5) is 4.79 Å². The summed E-state index contributed by atoms with van der Waals surface area (Å²) in [6.07, 6.45) is -0.470. The molecule has 0 aliphatic carbocycles. The van der Waals surface area contributed by atoms with Crippen LogP contribution in [0.5, 0.6) is 11.5 Å². The second-order valence-corrected chi connectivity index (χ2v) is 3.22. The Kier molecular flexibility index (Phi) is 3.84. The highest BCUT2D eigenvalue weighted by molar-refractivity contribution is 5.85. The number of ether oxygens (including phenoxy) is 2. The minimum absolute atomic E-state index is 0. The summed E-state index contributed by atoms with van der Waals surface area (Å²) in [4.78, 5) is 10.8. The molecule has 16 heavy (non-hydrogen) atoms. The zero-order valence-electron chi connectivity index (χ0n) is 8.60. The number of phenols is 1. The highest BCUT2D eigenvalue weighted by Crippen LogP contribution is 2.30. The van der Waals surface area contributed by atoms with E-state index >= 15 is 0 Å². The Bertz CT molecular complexity index is 396. The molecule has 1 aliphatic heterocycles. The molecular weight excluding hydrogens is 234 g/mol. The van der Waals surface area contributed by atoms with Gasteiger partial charge in [0.15, 0.2) is 0 Å². The second kappa shape index (κ2) is 4.94. The number of alkyl carbamates (subject to hydrolysis) is 1. The molecule has 2 rings (SSSR count). The van der Waals surface area contributed by atoms with Gasteiger partial charge in [-0.25, -0.2) is 4.79 Å². The molecule has 1 aliphatic rings. The summed E-state index contributed by atoms with van der Waals surface area (Å²) in [5, 5.41) is 12.2. The minimum Gasteiger partial charge on any atom is -0.508 e. The Balaban J connectivity index is 0.00000128. The third kappa shape index (κ3) is 2.30. The van der Waals surface area contributed by atoms with E-state index in [-0.39, 0.29) is 30.8 Å². The first-order valence-electron chi connectivity index (χ1n) is 4.51. The van der Waals surface area contributed by atoms with Gasteiger partial charge >= 0.3 is 6.09 Å². The normalized spacial score (nSPS) is 18.3. The number of halogens is 1. The number of benzene rings is 1. The number of rotatable bonds is 2. The number of amides is 1. The van der Waals surface area contributed by atoms with Crippen molar-refractivity contribution in [3.8, 4) is 11.5 Å². The van der Waals surface area contributed by atoms with E-state index in [2.05, 4.69) is 5.32 Å². The van der Waals surface area contributed by atoms with Crippen LogP contribution >= 0.6 is 12.4 Å². The smallest absolute Gasteiger partial charge is 0.407 e. The lowest BCUT2D eigenvalue weighted by Gasteiger charge is -2.11. The van der Waals surface area contributed by atoms with Crippen molar-refractivity contribution in [1.82, 2.24) is 5.32 Å². The van der Waals surface area contributed by atoms with Gasteiger partial charge in [-0.1, -0.05) is 0 Å². The van der Waals surface area contributed by atoms with Crippen LogP contribution < -0.4 is 10.1 Å². The van der Waals surface area contributed by atoms with Crippen molar-refractivity contribution < 1.29 is 19.4 Å². The van der Waals surface area contributed by atoms with Gasteiger partial charge in [0.05, 0.1) is 13.2 Å². The first-order valence-corrected chi connectivity index (χ1v) is 4.51. The molecule has 1 heterocycles. The summed E-state index contributed by atoms with van der Waals surface area (Å²) < 4.78 is 9.78. The lowest BCUT2D eigenvalue weighted by molar-refractivity contribution is 0.177. The van der Waals surface area contributed by atoms with E-state index in [0.29, 0.717) is 11.3 Å². The maximum Gasteiger partial charge on any atom is 0.407 e. The Morgan fingerprint density at radius 1 is 1.56 bits per heavy atom. The highest BCUT2D eigenvalue weighted by Gasteiger charge is 2.26. The van der Waals surface area contributed by atoms with Gasteiger partial charge in [0.25, 0.3) is 0 Å². The fourth-order valence-corrected chi connectivity index (χ4v) is 1.49. The number of hydrogen-bond donors (Lipinski definition) is 2. The first-order chi connectivity index (χ1) is 7.20. The number of methoxy groups -OCH3 is 1. The summed E-state index contributed by atoms with van der Waals surface area (Å²) in [5.74, 6) is 0.746. The maximum absolute atomic E-state index is 10.8. The summed E-state index contributed by atoms with van der Waals surface area (Å²) in [7, 11) is 1.54. The quantitative estimate of drug-likeness (QED) is 0.831. The average molecular weight is 246 g/mol. The molecular formula is C10H12ClNO4. The summed E-state index contributed by atoms with van der Waals surface area (Å²) in [5.41, 5.74) is 0.597. The van der Waals surface area contributed by atoms with E-state index in [4.69, 9.17) is 9.47 Å². The third-order valence-electron chi connectivity index (χ3n) is 2.28. The Morgan fingerprint density at radius 2 is 2.31 bits per heavy atom. The number of nitrogens with one attached hydrogen (secondary N) is 1. The monoisotopic (exact) mass is 245 g/mol. The number of carbonyl (C=O) groups is 1. The standard InChI is InChI=1S/C10H11NO4.ClH/c1-14-6-2-3-9(12)7(4-6)8-5-15-10(13)11-8;/h2-4,8,12H,5H2,1H3,(H,11,13);1H/t8-;/m1./s1. The van der Waals surface area contributed by atoms with Crippen LogP contribution in [0.1, 0.15) is 11.6 Å². The van der Waals surface area contributed by atoms with Gasteiger partial charge < -0.3 is 19.9 Å². The zero-order valence-corrected chi connectivity index (χ0v) is 9.41. The average Bonchev–Trinajstić information content (AvgIpc) is 2.65. The zero-order chi connectivity index (χ0) is 10.8. The lowest BCUT2D eigenvalue weighted by atomic mass is 10.1. The molecule has 0 bridgehead atoms. The predicted octanol–water partition coefficient (Wildman–Crippen LogP) is 1.60. The van der Waals surface area contributed by atoms with E-state index in [0.717, 1.165) is 0 Å². The molecule has 0 unspecified atom stereocenters. The van der Waals surface area contributed by atoms with E-state index in [1.807, 2.05) is 0 Å². The SMILES string of the molecule is COc1ccc(O)c([C@H]2COC(=O)N2)c1.Cl. The van der Waals surface area contributed by atoms with Crippen LogP contribution in [0.3, 0.4) is 0 Å². The van der Waals surface area contributed by atoms with Crippen molar-refractivity contribution in [2.75, 3.05) is 13.7 Å². The Hall–Kier alpha value is -1.62. The van der Waals surface area contributed by atoms with Crippen molar-refractivity contribution in [2.24, 2.45) is 0 Å². The van der Waals surface area contributed by atoms with Gasteiger partial charge in [-0.05, 0) is 18.2 Å². The van der Waals surface area contributed by atoms with Gasteiger partial charge in [-0.3, -0.25) is 0 Å². The molecule has 0 spiro atoms. The molecule has 6 heteroatoms. The van der Waals surface area contributed by atoms with Crippen LogP contribution in [-0.2, 0) is 4.74 Å². The van der Waals surface area contributed by atoms with Gasteiger partial charge in [0.1, 0.15) is 18.1 Å². The maximum atomic E-state index is 10.8. The van der Waals surface area contributed by atoms with Gasteiger partial charge in [-0.15, -0.1) is 12.4 Å². The molecule has 1 aromatic carbocycles. The summed E-state index contributed by atoms with van der Waals surface area (Å²) in [6.45, 7) is 0.222. The van der Waals surface area contributed by atoms with Crippen LogP contribution in [0, 0.1) is 0 Å². The van der Waals surface area contributed by atoms with E-state index in [1.54, 1.807) is 19.2 Å². The Labute approximate surface area is 98.8 Å². The van der Waals surface area contributed by atoms with Crippen molar-refractivity contribution in [3.05, 3.63) is 23.8 Å². The van der Waals surface area contributed by atoms with Crippen LogP contribution in [0.25, 0.3) is 0 Å². The van der Waals surface area contributed by atoms with Crippen LogP contribution in [0.2, 0.25) is 0 Å². The lowest BCUT2D eigenvalue weighted by Crippen LogP contribution is -2.18. The molecule has 1 aromatic rings. The number of carbonyl (C=O) groups excluding carboxylic acids is 1. The fraction of sp³-hybridized carbons (Fsp3) is 0.300. The highest BCUT2D eigenvalue weighted by atomic mass is 35.5. The van der Waals surface area contributed by atoms with Gasteiger partial charge in [0.2, 0.25) is 0 Å². The molecule has 88 valence electrons. The molecule has 0 saturated carbocycles. The molecule has 0 aromatic heterocycles. The van der Waals surface area contributed by atoms with Crippen molar-refractivity contribution >= 4 is 18.5 Å². The van der Waals surface area contributed by atoms with Crippen LogP contribution in [-0.4, -0.2) is 24.9 Å². The molecule has 1 amide bonds. The molecule has 5 nitrogen and oxygen atoms in total. The second-order valence-electron chi connectivity index (χ2n) is 3.22. The van der Waals surface area contributed by atoms with E-state index in [9.17, 15) is 9.90 Å². The van der Waals surface area contributed by atoms with Crippen molar-refractivity contribution in [2.45, 2.75) is 6.04 Å². The largest absolute Gasteiger partial charge is 0.508 e. The van der Waals surface area contributed by atoms with Gasteiger partial charge in [-0.2, -0.15) is 0 Å². The van der Waals surface area contributed by atoms with Crippen molar-refractivity contribution in [1.29, 1.82) is 0 Å². The summed E-state index contributed by atoms with van der Waals surface area (Å²) in [6, 6.07) is 4.54. The number of aromatic hydroxyl groups is 1. The minimum atomic E-state index is -0.470. The van der Waals surface area contributed by atoms with E-state index < -0.39 is 6.09 Å². The molecule has 0 radical (unpaired) electrons. The molecule has 1 saturated heterocycles. The predicted molar refractivity (Wildman–Crippen MR) is 59.1 cm³/mol. The van der Waals surface area contributed by atoms with Crippen LogP contribution in [0.15, 0.2) is 18.2 Å². The van der Waals surface area contributed by atoms with Gasteiger partial charge in [0, 0.05) is 5.56 Å². The molecule has 1 atom stereocenters. The molecule has 1 fully saturated rings.